The van der Waals surface area contributed by atoms with Crippen LogP contribution in [0.5, 0.6) is 0 Å². The molecule has 0 aliphatic heterocycles. The number of nitrogens with one attached hydrogen (secondary N) is 1. The maximum absolute atomic E-state index is 12.7. The largest absolute Gasteiger partial charge is 0.467 e. The molecule has 0 radical (unpaired) electrons. The summed E-state index contributed by atoms with van der Waals surface area (Å²) in [6.07, 6.45) is 2.84. The SMILES string of the molecule is COC(=O)[C@@H](NC(=O)C=Cc1ccc(F)cc1)C(C)C. The molecule has 0 aromatic heterocycles. The highest BCUT2D eigenvalue weighted by atomic mass is 19.1. The zero-order valence-corrected chi connectivity index (χ0v) is 11.7. The summed E-state index contributed by atoms with van der Waals surface area (Å²) in [5.74, 6) is -1.30. The first-order chi connectivity index (χ1) is 9.43. The molecule has 4 nitrogen and oxygen atoms in total. The Morgan fingerprint density at radius 3 is 2.35 bits per heavy atom. The third-order valence-electron chi connectivity index (χ3n) is 2.72. The van der Waals surface area contributed by atoms with E-state index in [-0.39, 0.29) is 11.7 Å². The van der Waals surface area contributed by atoms with Gasteiger partial charge in [0.25, 0.3) is 0 Å². The Morgan fingerprint density at radius 2 is 1.85 bits per heavy atom. The maximum atomic E-state index is 12.7. The van der Waals surface area contributed by atoms with Crippen molar-refractivity contribution in [1.29, 1.82) is 0 Å². The predicted molar refractivity (Wildman–Crippen MR) is 74.2 cm³/mol. The number of methoxy groups -OCH3 is 1. The van der Waals surface area contributed by atoms with Crippen LogP contribution in [0.25, 0.3) is 6.08 Å². The molecule has 1 amide bonds. The van der Waals surface area contributed by atoms with Gasteiger partial charge in [-0.2, -0.15) is 0 Å². The first kappa shape index (κ1) is 15.9. The smallest absolute Gasteiger partial charge is 0.328 e. The summed E-state index contributed by atoms with van der Waals surface area (Å²) in [4.78, 5) is 23.2. The van der Waals surface area contributed by atoms with E-state index in [1.165, 1.54) is 25.3 Å². The van der Waals surface area contributed by atoms with Crippen LogP contribution in [0.15, 0.2) is 30.3 Å². The third kappa shape index (κ3) is 4.84. The van der Waals surface area contributed by atoms with Gasteiger partial charge in [0.2, 0.25) is 5.91 Å². The van der Waals surface area contributed by atoms with Crippen LogP contribution in [0.2, 0.25) is 0 Å². The second kappa shape index (κ2) is 7.43. The molecule has 0 fully saturated rings. The summed E-state index contributed by atoms with van der Waals surface area (Å²) < 4.78 is 17.4. The van der Waals surface area contributed by atoms with Crippen molar-refractivity contribution in [2.75, 3.05) is 7.11 Å². The zero-order chi connectivity index (χ0) is 15.1. The van der Waals surface area contributed by atoms with Crippen molar-refractivity contribution in [3.63, 3.8) is 0 Å². The minimum atomic E-state index is -0.689. The quantitative estimate of drug-likeness (QED) is 0.663. The fraction of sp³-hybridized carbons (Fsp3) is 0.333. The molecular weight excluding hydrogens is 261 g/mol. The number of benzene rings is 1. The highest BCUT2D eigenvalue weighted by molar-refractivity contribution is 5.94. The van der Waals surface area contributed by atoms with Gasteiger partial charge in [-0.3, -0.25) is 4.79 Å². The number of carbonyl (C=O) groups is 2. The number of rotatable bonds is 5. The van der Waals surface area contributed by atoms with E-state index in [2.05, 4.69) is 10.1 Å². The minimum absolute atomic E-state index is 0.0781. The van der Waals surface area contributed by atoms with Crippen LogP contribution in [-0.4, -0.2) is 25.0 Å². The molecule has 1 aromatic rings. The molecule has 108 valence electrons. The summed E-state index contributed by atoms with van der Waals surface area (Å²) in [5, 5.41) is 2.57. The van der Waals surface area contributed by atoms with Crippen LogP contribution in [-0.2, 0) is 14.3 Å². The van der Waals surface area contributed by atoms with Crippen molar-refractivity contribution < 1.29 is 18.7 Å². The minimum Gasteiger partial charge on any atom is -0.467 e. The standard InChI is InChI=1S/C15H18FNO3/c1-10(2)14(15(19)20-3)17-13(18)9-6-11-4-7-12(16)8-5-11/h4-10,14H,1-3H3,(H,17,18)/t14-/m0/s1. The molecule has 0 spiro atoms. The number of hydrogen-bond donors (Lipinski definition) is 1. The van der Waals surface area contributed by atoms with Gasteiger partial charge in [0.1, 0.15) is 11.9 Å². The van der Waals surface area contributed by atoms with Gasteiger partial charge in [-0.05, 0) is 29.7 Å². The molecule has 1 atom stereocenters. The molecule has 5 heteroatoms. The van der Waals surface area contributed by atoms with Gasteiger partial charge in [-0.25, -0.2) is 9.18 Å². The van der Waals surface area contributed by atoms with Gasteiger partial charge in [0, 0.05) is 6.08 Å². The third-order valence-corrected chi connectivity index (χ3v) is 2.72. The van der Waals surface area contributed by atoms with Crippen molar-refractivity contribution in [1.82, 2.24) is 5.32 Å². The number of halogens is 1. The Bertz CT molecular complexity index is 494. The van der Waals surface area contributed by atoms with E-state index in [0.29, 0.717) is 5.56 Å². The molecule has 0 aliphatic rings. The molecule has 0 unspecified atom stereocenters. The lowest BCUT2D eigenvalue weighted by Gasteiger charge is -2.18. The van der Waals surface area contributed by atoms with Crippen LogP contribution < -0.4 is 5.32 Å². The van der Waals surface area contributed by atoms with Crippen LogP contribution in [0.4, 0.5) is 4.39 Å². The number of hydrogen-bond acceptors (Lipinski definition) is 3. The van der Waals surface area contributed by atoms with E-state index in [1.54, 1.807) is 18.2 Å². The lowest BCUT2D eigenvalue weighted by Crippen LogP contribution is -2.44. The molecule has 1 N–H and O–H groups in total. The molecule has 1 aromatic carbocycles. The molecule has 20 heavy (non-hydrogen) atoms. The van der Waals surface area contributed by atoms with Gasteiger partial charge in [-0.15, -0.1) is 0 Å². The monoisotopic (exact) mass is 279 g/mol. The second-order valence-electron chi connectivity index (χ2n) is 4.64. The normalized spacial score (nSPS) is 12.4. The summed E-state index contributed by atoms with van der Waals surface area (Å²) >= 11 is 0. The van der Waals surface area contributed by atoms with E-state index in [1.807, 2.05) is 13.8 Å². The maximum Gasteiger partial charge on any atom is 0.328 e. The van der Waals surface area contributed by atoms with Gasteiger partial charge in [0.05, 0.1) is 7.11 Å². The van der Waals surface area contributed by atoms with Crippen molar-refractivity contribution >= 4 is 18.0 Å². The molecule has 0 bridgehead atoms. The first-order valence-electron chi connectivity index (χ1n) is 6.26. The summed E-state index contributed by atoms with van der Waals surface area (Å²) in [6, 6.07) is 5.04. The van der Waals surface area contributed by atoms with Crippen molar-refractivity contribution in [3.05, 3.63) is 41.7 Å². The second-order valence-corrected chi connectivity index (χ2v) is 4.64. The van der Waals surface area contributed by atoms with Crippen molar-refractivity contribution in [2.24, 2.45) is 5.92 Å². The Hall–Kier alpha value is -2.17. The molecule has 0 heterocycles. The molecule has 0 saturated heterocycles. The molecule has 0 aliphatic carbocycles. The van der Waals surface area contributed by atoms with Gasteiger partial charge >= 0.3 is 5.97 Å². The van der Waals surface area contributed by atoms with E-state index < -0.39 is 17.9 Å². The molecule has 1 rings (SSSR count). The van der Waals surface area contributed by atoms with Gasteiger partial charge in [-0.1, -0.05) is 26.0 Å². The van der Waals surface area contributed by atoms with Crippen LogP contribution in [0.3, 0.4) is 0 Å². The van der Waals surface area contributed by atoms with Crippen molar-refractivity contribution in [2.45, 2.75) is 19.9 Å². The van der Waals surface area contributed by atoms with Crippen LogP contribution in [0, 0.1) is 11.7 Å². The average Bonchev–Trinajstić information content (AvgIpc) is 2.43. The number of esters is 1. The highest BCUT2D eigenvalue weighted by Crippen LogP contribution is 2.06. The highest BCUT2D eigenvalue weighted by Gasteiger charge is 2.23. The van der Waals surface area contributed by atoms with Crippen molar-refractivity contribution in [3.8, 4) is 0 Å². The average molecular weight is 279 g/mol. The molecular formula is C15H18FNO3. The van der Waals surface area contributed by atoms with E-state index >= 15 is 0 Å². The first-order valence-corrected chi connectivity index (χ1v) is 6.26. The van der Waals surface area contributed by atoms with Gasteiger partial charge < -0.3 is 10.1 Å². The number of carbonyl (C=O) groups excluding carboxylic acids is 2. The Balaban J connectivity index is 2.66. The number of amides is 1. The molecule has 0 saturated carbocycles. The Kier molecular flexibility index (Phi) is 5.90. The fourth-order valence-corrected chi connectivity index (χ4v) is 1.57. The van der Waals surface area contributed by atoms with Crippen LogP contribution >= 0.6 is 0 Å². The van der Waals surface area contributed by atoms with E-state index in [0.717, 1.165) is 0 Å². The lowest BCUT2D eigenvalue weighted by molar-refractivity contribution is -0.145. The topological polar surface area (TPSA) is 55.4 Å². The van der Waals surface area contributed by atoms with Crippen LogP contribution in [0.1, 0.15) is 19.4 Å². The number of ether oxygens (including phenoxy) is 1. The zero-order valence-electron chi connectivity index (χ0n) is 11.7. The fourth-order valence-electron chi connectivity index (χ4n) is 1.57. The summed E-state index contributed by atoms with van der Waals surface area (Å²) in [7, 11) is 1.28. The van der Waals surface area contributed by atoms with E-state index in [9.17, 15) is 14.0 Å². The Labute approximate surface area is 117 Å². The van der Waals surface area contributed by atoms with E-state index in [4.69, 9.17) is 0 Å². The lowest BCUT2D eigenvalue weighted by atomic mass is 10.0. The summed E-state index contributed by atoms with van der Waals surface area (Å²) in [6.45, 7) is 3.62. The Morgan fingerprint density at radius 1 is 1.25 bits per heavy atom. The predicted octanol–water partition coefficient (Wildman–Crippen LogP) is 2.15. The van der Waals surface area contributed by atoms with Gasteiger partial charge in [0.15, 0.2) is 0 Å². The summed E-state index contributed by atoms with van der Waals surface area (Å²) in [5.41, 5.74) is 0.695.